The predicted molar refractivity (Wildman–Crippen MR) is 83.9 cm³/mol. The zero-order chi connectivity index (χ0) is 13.8. The normalized spacial score (nSPS) is 10.2. The van der Waals surface area contributed by atoms with E-state index in [0.29, 0.717) is 0 Å². The molecule has 0 atom stereocenters. The number of hydrogen-bond acceptors (Lipinski definition) is 1. The Bertz CT molecular complexity index is 702. The van der Waals surface area contributed by atoms with Crippen LogP contribution in [0.5, 0.6) is 5.75 Å². The number of hydrogen-bond donors (Lipinski definition) is 0. The van der Waals surface area contributed by atoms with Crippen molar-refractivity contribution in [2.45, 2.75) is 0 Å². The van der Waals surface area contributed by atoms with E-state index in [2.05, 4.69) is 60.7 Å². The van der Waals surface area contributed by atoms with Gasteiger partial charge in [0.15, 0.2) is 0 Å². The number of ether oxygens (including phenoxy) is 1. The Kier molecular flexibility index (Phi) is 3.51. The lowest BCUT2D eigenvalue weighted by Crippen LogP contribution is -1.87. The van der Waals surface area contributed by atoms with Crippen molar-refractivity contribution in [1.82, 2.24) is 0 Å². The maximum absolute atomic E-state index is 5.32. The summed E-state index contributed by atoms with van der Waals surface area (Å²) < 4.78 is 5.32. The zero-order valence-corrected chi connectivity index (χ0v) is 11.4. The second kappa shape index (κ2) is 5.62. The first-order chi connectivity index (χ1) is 9.88. The van der Waals surface area contributed by atoms with Crippen molar-refractivity contribution in [2.24, 2.45) is 0 Å². The van der Waals surface area contributed by atoms with Gasteiger partial charge in [0.2, 0.25) is 0 Å². The molecular formula is C19H16O. The Morgan fingerprint density at radius 3 is 1.90 bits per heavy atom. The third-order valence-corrected chi connectivity index (χ3v) is 3.39. The lowest BCUT2D eigenvalue weighted by molar-refractivity contribution is 0.415. The summed E-state index contributed by atoms with van der Waals surface area (Å²) >= 11 is 0. The summed E-state index contributed by atoms with van der Waals surface area (Å²) in [6.07, 6.45) is 0. The lowest BCUT2D eigenvalue weighted by Gasteiger charge is -2.11. The highest BCUT2D eigenvalue weighted by Gasteiger charge is 2.07. The summed E-state index contributed by atoms with van der Waals surface area (Å²) in [5.74, 6) is 0.880. The van der Waals surface area contributed by atoms with Gasteiger partial charge in [-0.2, -0.15) is 0 Å². The molecule has 98 valence electrons. The van der Waals surface area contributed by atoms with Crippen LogP contribution < -0.4 is 4.74 Å². The van der Waals surface area contributed by atoms with Crippen LogP contribution in [0.2, 0.25) is 0 Å². The van der Waals surface area contributed by atoms with E-state index in [0.717, 1.165) is 5.75 Å². The molecule has 0 radical (unpaired) electrons. The van der Waals surface area contributed by atoms with Crippen LogP contribution in [-0.2, 0) is 0 Å². The minimum Gasteiger partial charge on any atom is -0.497 e. The first-order valence-corrected chi connectivity index (χ1v) is 6.67. The molecule has 0 N–H and O–H groups in total. The highest BCUT2D eigenvalue weighted by molar-refractivity contribution is 5.83. The highest BCUT2D eigenvalue weighted by Crippen LogP contribution is 2.33. The molecule has 3 aromatic carbocycles. The second-order valence-corrected chi connectivity index (χ2v) is 4.64. The molecule has 1 heteroatoms. The molecule has 0 aromatic heterocycles. The van der Waals surface area contributed by atoms with E-state index in [4.69, 9.17) is 4.74 Å². The molecule has 0 fully saturated rings. The van der Waals surface area contributed by atoms with Crippen molar-refractivity contribution in [3.63, 3.8) is 0 Å². The van der Waals surface area contributed by atoms with Gasteiger partial charge in [-0.15, -0.1) is 0 Å². The highest BCUT2D eigenvalue weighted by atomic mass is 16.5. The monoisotopic (exact) mass is 260 g/mol. The van der Waals surface area contributed by atoms with E-state index >= 15 is 0 Å². The quantitative estimate of drug-likeness (QED) is 0.641. The van der Waals surface area contributed by atoms with Crippen molar-refractivity contribution in [3.8, 4) is 28.0 Å². The maximum Gasteiger partial charge on any atom is 0.119 e. The molecule has 3 rings (SSSR count). The van der Waals surface area contributed by atoms with Gasteiger partial charge in [0.1, 0.15) is 5.75 Å². The van der Waals surface area contributed by atoms with Crippen LogP contribution in [0.4, 0.5) is 0 Å². The van der Waals surface area contributed by atoms with Crippen LogP contribution >= 0.6 is 0 Å². The van der Waals surface area contributed by atoms with E-state index in [1.807, 2.05) is 18.2 Å². The van der Waals surface area contributed by atoms with Crippen LogP contribution in [-0.4, -0.2) is 7.11 Å². The van der Waals surface area contributed by atoms with Crippen molar-refractivity contribution in [2.75, 3.05) is 7.11 Å². The van der Waals surface area contributed by atoms with Gasteiger partial charge in [-0.05, 0) is 34.4 Å². The molecule has 0 aliphatic carbocycles. The standard InChI is InChI=1S/C19H16O/c1-20-17-11-7-10-16(14-17)19-13-6-5-12-18(19)15-8-3-2-4-9-15/h2-14H,1H3. The van der Waals surface area contributed by atoms with Crippen LogP contribution in [0.15, 0.2) is 78.9 Å². The van der Waals surface area contributed by atoms with Gasteiger partial charge in [0.05, 0.1) is 7.11 Å². The summed E-state index contributed by atoms with van der Waals surface area (Å²) in [5.41, 5.74) is 4.86. The Hall–Kier alpha value is -2.54. The fraction of sp³-hybridized carbons (Fsp3) is 0.0526. The van der Waals surface area contributed by atoms with Crippen LogP contribution in [0.3, 0.4) is 0 Å². The smallest absolute Gasteiger partial charge is 0.119 e. The summed E-state index contributed by atoms with van der Waals surface area (Å²) in [6, 6.07) is 27.1. The SMILES string of the molecule is COc1cccc(-c2ccccc2-c2ccccc2)c1. The number of rotatable bonds is 3. The van der Waals surface area contributed by atoms with E-state index in [9.17, 15) is 0 Å². The number of methoxy groups -OCH3 is 1. The van der Waals surface area contributed by atoms with Gasteiger partial charge >= 0.3 is 0 Å². The van der Waals surface area contributed by atoms with Gasteiger partial charge in [-0.25, -0.2) is 0 Å². The molecule has 3 aromatic rings. The third-order valence-electron chi connectivity index (χ3n) is 3.39. The Morgan fingerprint density at radius 1 is 0.600 bits per heavy atom. The molecule has 0 heterocycles. The lowest BCUT2D eigenvalue weighted by atomic mass is 9.94. The molecule has 0 spiro atoms. The topological polar surface area (TPSA) is 9.23 Å². The van der Waals surface area contributed by atoms with Crippen molar-refractivity contribution in [1.29, 1.82) is 0 Å². The molecule has 0 aliphatic heterocycles. The average Bonchev–Trinajstić information content (AvgIpc) is 2.56. The molecule has 0 amide bonds. The Labute approximate surface area is 119 Å². The molecule has 0 bridgehead atoms. The summed E-state index contributed by atoms with van der Waals surface area (Å²) in [6.45, 7) is 0. The summed E-state index contributed by atoms with van der Waals surface area (Å²) in [4.78, 5) is 0. The molecule has 0 unspecified atom stereocenters. The van der Waals surface area contributed by atoms with E-state index in [-0.39, 0.29) is 0 Å². The van der Waals surface area contributed by atoms with E-state index in [1.165, 1.54) is 22.3 Å². The predicted octanol–water partition coefficient (Wildman–Crippen LogP) is 5.03. The second-order valence-electron chi connectivity index (χ2n) is 4.64. The molecule has 0 saturated carbocycles. The average molecular weight is 260 g/mol. The minimum absolute atomic E-state index is 0.880. The third kappa shape index (κ3) is 2.43. The van der Waals surface area contributed by atoms with Crippen LogP contribution in [0.1, 0.15) is 0 Å². The van der Waals surface area contributed by atoms with Gasteiger partial charge in [-0.3, -0.25) is 0 Å². The minimum atomic E-state index is 0.880. The van der Waals surface area contributed by atoms with Gasteiger partial charge in [-0.1, -0.05) is 66.7 Å². The van der Waals surface area contributed by atoms with Gasteiger partial charge in [0.25, 0.3) is 0 Å². The molecule has 0 aliphatic rings. The summed E-state index contributed by atoms with van der Waals surface area (Å²) in [7, 11) is 1.70. The fourth-order valence-electron chi connectivity index (χ4n) is 2.39. The molecule has 0 saturated heterocycles. The molecule has 1 nitrogen and oxygen atoms in total. The molecule has 20 heavy (non-hydrogen) atoms. The van der Waals surface area contributed by atoms with Crippen LogP contribution in [0, 0.1) is 0 Å². The van der Waals surface area contributed by atoms with E-state index < -0.39 is 0 Å². The van der Waals surface area contributed by atoms with Crippen molar-refractivity contribution in [3.05, 3.63) is 78.9 Å². The molecular weight excluding hydrogens is 244 g/mol. The van der Waals surface area contributed by atoms with Gasteiger partial charge in [0, 0.05) is 0 Å². The Morgan fingerprint density at radius 2 is 1.20 bits per heavy atom. The van der Waals surface area contributed by atoms with Crippen molar-refractivity contribution >= 4 is 0 Å². The van der Waals surface area contributed by atoms with E-state index in [1.54, 1.807) is 7.11 Å². The van der Waals surface area contributed by atoms with Crippen molar-refractivity contribution < 1.29 is 4.74 Å². The maximum atomic E-state index is 5.32. The number of benzene rings is 3. The zero-order valence-electron chi connectivity index (χ0n) is 11.4. The first-order valence-electron chi connectivity index (χ1n) is 6.67. The Balaban J connectivity index is 2.15. The van der Waals surface area contributed by atoms with Gasteiger partial charge < -0.3 is 4.74 Å². The first kappa shape index (κ1) is 12.5. The largest absolute Gasteiger partial charge is 0.497 e. The fourth-order valence-corrected chi connectivity index (χ4v) is 2.39. The van der Waals surface area contributed by atoms with Crippen LogP contribution in [0.25, 0.3) is 22.3 Å². The summed E-state index contributed by atoms with van der Waals surface area (Å²) in [5, 5.41) is 0.